The summed E-state index contributed by atoms with van der Waals surface area (Å²) >= 11 is 1.83. The Hall–Kier alpha value is -4.42. The van der Waals surface area contributed by atoms with E-state index in [1.54, 1.807) is 13.2 Å². The van der Waals surface area contributed by atoms with Crippen molar-refractivity contribution >= 4 is 60.2 Å². The predicted octanol–water partition coefficient (Wildman–Crippen LogP) is 7.32. The zero-order valence-electron chi connectivity index (χ0n) is 19.1. The van der Waals surface area contributed by atoms with Gasteiger partial charge in [-0.15, -0.1) is 11.3 Å². The van der Waals surface area contributed by atoms with E-state index in [1.807, 2.05) is 48.0 Å². The minimum Gasteiger partial charge on any atom is -0.304 e. The molecule has 35 heavy (non-hydrogen) atoms. The van der Waals surface area contributed by atoms with Crippen LogP contribution >= 0.6 is 11.3 Å². The second-order valence-electron chi connectivity index (χ2n) is 8.08. The third kappa shape index (κ3) is 3.47. The van der Waals surface area contributed by atoms with E-state index < -0.39 is 0 Å². The van der Waals surface area contributed by atoms with Gasteiger partial charge in [0.05, 0.1) is 22.2 Å². The van der Waals surface area contributed by atoms with Crippen LogP contribution in [0.3, 0.4) is 0 Å². The van der Waals surface area contributed by atoms with E-state index in [2.05, 4.69) is 75.9 Å². The van der Waals surface area contributed by atoms with Crippen LogP contribution in [0.15, 0.2) is 102 Å². The first-order valence-electron chi connectivity index (χ1n) is 11.2. The van der Waals surface area contributed by atoms with Crippen LogP contribution in [0.2, 0.25) is 0 Å². The second kappa shape index (κ2) is 8.74. The van der Waals surface area contributed by atoms with Gasteiger partial charge in [-0.05, 0) is 55.2 Å². The van der Waals surface area contributed by atoms with Gasteiger partial charge in [0, 0.05) is 56.8 Å². The Balaban J connectivity index is 0.000000727. The smallest absolute Gasteiger partial charge is 0.138 e. The van der Waals surface area contributed by atoms with E-state index in [4.69, 9.17) is 9.97 Å². The molecule has 0 fully saturated rings. The van der Waals surface area contributed by atoms with Crippen molar-refractivity contribution in [3.63, 3.8) is 0 Å². The lowest BCUT2D eigenvalue weighted by atomic mass is 10.1. The van der Waals surface area contributed by atoms with Crippen molar-refractivity contribution in [2.45, 2.75) is 0 Å². The number of aliphatic imine (C=N–C) groups is 1. The lowest BCUT2D eigenvalue weighted by molar-refractivity contribution is 1.08. The lowest BCUT2D eigenvalue weighted by Crippen LogP contribution is -1.98. The highest BCUT2D eigenvalue weighted by molar-refractivity contribution is 7.26. The van der Waals surface area contributed by atoms with Crippen LogP contribution in [0.5, 0.6) is 0 Å². The first kappa shape index (κ1) is 21.1. The summed E-state index contributed by atoms with van der Waals surface area (Å²) in [7, 11) is 1.64. The minimum atomic E-state index is 0.875. The molecule has 0 aliphatic carbocycles. The monoisotopic (exact) mass is 471 g/mol. The highest BCUT2D eigenvalue weighted by atomic mass is 32.1. The molecule has 0 N–H and O–H groups in total. The van der Waals surface area contributed by atoms with Gasteiger partial charge in [0.2, 0.25) is 0 Å². The van der Waals surface area contributed by atoms with E-state index >= 15 is 0 Å². The maximum absolute atomic E-state index is 5.01. The Labute approximate surface area is 206 Å². The molecule has 0 bridgehead atoms. The van der Waals surface area contributed by atoms with Crippen LogP contribution in [0.1, 0.15) is 0 Å². The quantitative estimate of drug-likeness (QED) is 0.248. The lowest BCUT2D eigenvalue weighted by Gasteiger charge is -2.09. The van der Waals surface area contributed by atoms with Gasteiger partial charge in [-0.25, -0.2) is 4.98 Å². The van der Waals surface area contributed by atoms with Crippen LogP contribution < -0.4 is 0 Å². The second-order valence-corrected chi connectivity index (χ2v) is 9.13. The van der Waals surface area contributed by atoms with Crippen molar-refractivity contribution in [2.75, 3.05) is 7.05 Å². The Morgan fingerprint density at radius 1 is 0.829 bits per heavy atom. The van der Waals surface area contributed by atoms with Crippen molar-refractivity contribution < 1.29 is 0 Å². The zero-order valence-corrected chi connectivity index (χ0v) is 19.9. The predicted molar refractivity (Wildman–Crippen MR) is 148 cm³/mol. The van der Waals surface area contributed by atoms with Crippen molar-refractivity contribution in [3.05, 3.63) is 97.5 Å². The molecule has 0 aliphatic rings. The maximum atomic E-state index is 5.01. The Morgan fingerprint density at radius 2 is 1.69 bits per heavy atom. The van der Waals surface area contributed by atoms with E-state index in [0.717, 1.165) is 33.6 Å². The van der Waals surface area contributed by atoms with E-state index in [-0.39, 0.29) is 0 Å². The topological polar surface area (TPSA) is 56.0 Å². The number of rotatable bonds is 2. The highest BCUT2D eigenvalue weighted by Gasteiger charge is 2.18. The Kier molecular flexibility index (Phi) is 5.28. The van der Waals surface area contributed by atoms with Crippen molar-refractivity contribution in [2.24, 2.45) is 4.99 Å². The molecule has 0 radical (unpaired) electrons. The zero-order chi connectivity index (χ0) is 23.8. The highest BCUT2D eigenvalue weighted by Crippen LogP contribution is 2.42. The molecular formula is C29H21N5S. The number of pyridine rings is 3. The number of nitrogens with zero attached hydrogens (tertiary/aromatic N) is 5. The molecule has 0 aliphatic heterocycles. The number of benzene rings is 2. The van der Waals surface area contributed by atoms with E-state index in [1.165, 1.54) is 25.6 Å². The van der Waals surface area contributed by atoms with Gasteiger partial charge in [0.1, 0.15) is 5.82 Å². The molecule has 168 valence electrons. The number of aromatic nitrogens is 4. The number of fused-ring (bicyclic) bond motifs is 7. The third-order valence-corrected chi connectivity index (χ3v) is 7.15. The van der Waals surface area contributed by atoms with Crippen molar-refractivity contribution in [3.8, 4) is 17.1 Å². The summed E-state index contributed by atoms with van der Waals surface area (Å²) in [5.41, 5.74) is 5.09. The number of hydrogen-bond acceptors (Lipinski definition) is 5. The molecule has 6 heteroatoms. The summed E-state index contributed by atoms with van der Waals surface area (Å²) in [6, 6.07) is 27.3. The van der Waals surface area contributed by atoms with E-state index in [0.29, 0.717) is 0 Å². The van der Waals surface area contributed by atoms with Gasteiger partial charge in [0.15, 0.2) is 0 Å². The van der Waals surface area contributed by atoms with Gasteiger partial charge in [-0.1, -0.05) is 30.3 Å². The molecule has 5 aromatic heterocycles. The van der Waals surface area contributed by atoms with Gasteiger partial charge < -0.3 is 4.99 Å². The molecule has 0 saturated heterocycles. The summed E-state index contributed by atoms with van der Waals surface area (Å²) in [5, 5.41) is 3.76. The minimum absolute atomic E-state index is 0.875. The molecule has 0 spiro atoms. The maximum Gasteiger partial charge on any atom is 0.138 e. The molecule has 7 aromatic rings. The fourth-order valence-electron chi connectivity index (χ4n) is 4.56. The van der Waals surface area contributed by atoms with Gasteiger partial charge in [-0.2, -0.15) is 0 Å². The standard InChI is InChI=1S/C27H16N4S.C2H5N/c1-2-10-23-18(7-1)19-12-13-21-25(27(19)32-23)26-22(9-5-15-29-26)31(21)24-11-3-8-20(30-24)17-6-4-14-28-16-17;1-3-2/h1-16H;1H2,2H3. The van der Waals surface area contributed by atoms with Crippen LogP contribution in [0, 0.1) is 0 Å². The van der Waals surface area contributed by atoms with Crippen molar-refractivity contribution in [1.29, 1.82) is 0 Å². The van der Waals surface area contributed by atoms with Crippen LogP contribution in [0.25, 0.3) is 59.2 Å². The molecule has 2 aromatic carbocycles. The molecule has 5 nitrogen and oxygen atoms in total. The number of hydrogen-bond donors (Lipinski definition) is 0. The SMILES string of the molecule is C=NC.c1cncc(-c2cccc(-n3c4cccnc4c4c5sc6ccccc6c5ccc43)n2)c1. The Bertz CT molecular complexity index is 1830. The Morgan fingerprint density at radius 3 is 2.54 bits per heavy atom. The van der Waals surface area contributed by atoms with Crippen LogP contribution in [-0.2, 0) is 0 Å². The van der Waals surface area contributed by atoms with Crippen LogP contribution in [-0.4, -0.2) is 33.3 Å². The first-order valence-corrected chi connectivity index (χ1v) is 12.0. The fourth-order valence-corrected chi connectivity index (χ4v) is 5.81. The van der Waals surface area contributed by atoms with Gasteiger partial charge in [0.25, 0.3) is 0 Å². The van der Waals surface area contributed by atoms with Gasteiger partial charge in [-0.3, -0.25) is 14.5 Å². The molecule has 0 unspecified atom stereocenters. The summed E-state index contributed by atoms with van der Waals surface area (Å²) in [4.78, 5) is 17.3. The van der Waals surface area contributed by atoms with E-state index in [9.17, 15) is 0 Å². The fraction of sp³-hybridized carbons (Fsp3) is 0.0345. The normalized spacial score (nSPS) is 11.1. The molecule has 5 heterocycles. The summed E-state index contributed by atoms with van der Waals surface area (Å²) in [6.07, 6.45) is 5.50. The molecular weight excluding hydrogens is 450 g/mol. The molecule has 0 atom stereocenters. The molecule has 0 saturated carbocycles. The average molecular weight is 472 g/mol. The third-order valence-electron chi connectivity index (χ3n) is 5.95. The van der Waals surface area contributed by atoms with Crippen molar-refractivity contribution in [1.82, 2.24) is 19.5 Å². The largest absolute Gasteiger partial charge is 0.304 e. The average Bonchev–Trinajstić information content (AvgIpc) is 3.45. The summed E-state index contributed by atoms with van der Waals surface area (Å²) in [6.45, 7) is 3.11. The summed E-state index contributed by atoms with van der Waals surface area (Å²) in [5.74, 6) is 0.875. The summed E-state index contributed by atoms with van der Waals surface area (Å²) < 4.78 is 4.79. The number of thiophene rings is 1. The van der Waals surface area contributed by atoms with Crippen LogP contribution in [0.4, 0.5) is 0 Å². The first-order chi connectivity index (χ1) is 17.3. The van der Waals surface area contributed by atoms with Gasteiger partial charge >= 0.3 is 0 Å². The molecule has 7 rings (SSSR count). The molecule has 0 amide bonds.